The van der Waals surface area contributed by atoms with Gasteiger partial charge in [-0.25, -0.2) is 0 Å². The van der Waals surface area contributed by atoms with E-state index in [9.17, 15) is 4.79 Å². The van der Waals surface area contributed by atoms with Crippen LogP contribution in [0.15, 0.2) is 63.6 Å². The lowest BCUT2D eigenvalue weighted by molar-refractivity contribution is 0.0992. The van der Waals surface area contributed by atoms with Crippen molar-refractivity contribution in [2.75, 3.05) is 5.32 Å². The Labute approximate surface area is 213 Å². The van der Waals surface area contributed by atoms with Gasteiger partial charge in [0.05, 0.1) is 11.0 Å². The van der Waals surface area contributed by atoms with Gasteiger partial charge in [0.25, 0.3) is 5.91 Å². The zero-order chi connectivity index (χ0) is 23.5. The Morgan fingerprint density at radius 3 is 2.64 bits per heavy atom. The van der Waals surface area contributed by atoms with Gasteiger partial charge in [-0.2, -0.15) is 5.10 Å². The minimum absolute atomic E-state index is 0.142. The highest BCUT2D eigenvalue weighted by molar-refractivity contribution is 9.10. The third-order valence-corrected chi connectivity index (χ3v) is 6.09. The summed E-state index contributed by atoms with van der Waals surface area (Å²) in [6.07, 6.45) is 1.75. The lowest BCUT2D eigenvalue weighted by Gasteiger charge is -2.07. The number of ether oxygens (including phenoxy) is 1. The predicted octanol–water partition coefficient (Wildman–Crippen LogP) is 7.39. The first-order chi connectivity index (χ1) is 15.8. The average Bonchev–Trinajstić information content (AvgIpc) is 3.36. The summed E-state index contributed by atoms with van der Waals surface area (Å²) in [5.74, 6) is 1.27. The molecule has 0 aliphatic carbocycles. The Hall–Kier alpha value is -2.45. The Balaban J connectivity index is 1.39. The zero-order valence-corrected chi connectivity index (χ0v) is 21.1. The average molecular weight is 570 g/mol. The molecule has 0 radical (unpaired) electrons. The second kappa shape index (κ2) is 10.2. The smallest absolute Gasteiger partial charge is 0.292 e. The second-order valence-corrected chi connectivity index (χ2v) is 9.31. The van der Waals surface area contributed by atoms with Crippen LogP contribution in [0.5, 0.6) is 5.75 Å². The van der Waals surface area contributed by atoms with Crippen molar-refractivity contribution in [3.8, 4) is 5.75 Å². The molecular weight excluding hydrogens is 553 g/mol. The topological polar surface area (TPSA) is 69.3 Å². The molecule has 0 saturated heterocycles. The summed E-state index contributed by atoms with van der Waals surface area (Å²) < 4.78 is 13.7. The molecule has 4 aromatic rings. The summed E-state index contributed by atoms with van der Waals surface area (Å²) in [7, 11) is 0. The predicted molar refractivity (Wildman–Crippen MR) is 133 cm³/mol. The van der Waals surface area contributed by atoms with Crippen molar-refractivity contribution in [1.29, 1.82) is 0 Å². The molecule has 4 rings (SSSR count). The number of hydrogen-bond acceptors (Lipinski definition) is 4. The summed E-state index contributed by atoms with van der Waals surface area (Å²) >= 11 is 21.6. The van der Waals surface area contributed by atoms with Crippen molar-refractivity contribution < 1.29 is 13.9 Å². The number of carbonyl (C=O) groups excluding carboxylic acids is 1. The summed E-state index contributed by atoms with van der Waals surface area (Å²) in [5.41, 5.74) is 1.76. The monoisotopic (exact) mass is 567 g/mol. The lowest BCUT2D eigenvalue weighted by atomic mass is 10.2. The third kappa shape index (κ3) is 5.92. The van der Waals surface area contributed by atoms with Crippen LogP contribution in [0.1, 0.15) is 27.4 Å². The van der Waals surface area contributed by atoms with Crippen LogP contribution in [0.4, 0.5) is 5.82 Å². The maximum Gasteiger partial charge on any atom is 0.292 e. The molecule has 0 spiro atoms. The summed E-state index contributed by atoms with van der Waals surface area (Å²) in [6, 6.07) is 13.9. The molecule has 2 aromatic heterocycles. The highest BCUT2D eigenvalue weighted by atomic mass is 79.9. The van der Waals surface area contributed by atoms with E-state index in [2.05, 4.69) is 26.3 Å². The number of benzene rings is 2. The molecule has 0 saturated carbocycles. The maximum atomic E-state index is 12.6. The van der Waals surface area contributed by atoms with Gasteiger partial charge in [-0.15, -0.1) is 0 Å². The van der Waals surface area contributed by atoms with E-state index in [0.29, 0.717) is 43.4 Å². The molecule has 1 N–H and O–H groups in total. The standard InChI is InChI=1S/C23H17BrCl3N3O3/c1-13-8-15(25)4-6-20(13)32-12-17-5-7-21(33-17)23(31)28-22-18(24)11-30(29-22)10-14-2-3-16(26)9-19(14)27/h2-9,11H,10,12H2,1H3,(H,28,29,31). The Bertz CT molecular complexity index is 1320. The van der Waals surface area contributed by atoms with Crippen molar-refractivity contribution in [2.24, 2.45) is 0 Å². The SMILES string of the molecule is Cc1cc(Cl)ccc1OCc1ccc(C(=O)Nc2nn(Cc3ccc(Cl)cc3Cl)cc2Br)o1. The van der Waals surface area contributed by atoms with Gasteiger partial charge in [0.15, 0.2) is 11.6 Å². The maximum absolute atomic E-state index is 12.6. The first-order valence-electron chi connectivity index (χ1n) is 9.74. The van der Waals surface area contributed by atoms with Gasteiger partial charge < -0.3 is 14.5 Å². The second-order valence-electron chi connectivity index (χ2n) is 7.18. The number of anilines is 1. The first kappa shape index (κ1) is 23.7. The van der Waals surface area contributed by atoms with Gasteiger partial charge in [0.1, 0.15) is 18.1 Å². The van der Waals surface area contributed by atoms with Crippen molar-refractivity contribution >= 4 is 62.5 Å². The first-order valence-corrected chi connectivity index (χ1v) is 11.7. The number of halogens is 4. The third-order valence-electron chi connectivity index (χ3n) is 4.69. The molecule has 6 nitrogen and oxygen atoms in total. The molecule has 170 valence electrons. The Kier molecular flexibility index (Phi) is 7.34. The van der Waals surface area contributed by atoms with E-state index < -0.39 is 5.91 Å². The molecule has 33 heavy (non-hydrogen) atoms. The van der Waals surface area contributed by atoms with Gasteiger partial charge in [0, 0.05) is 21.3 Å². The van der Waals surface area contributed by atoms with Gasteiger partial charge in [0.2, 0.25) is 0 Å². The minimum atomic E-state index is -0.431. The van der Waals surface area contributed by atoms with E-state index >= 15 is 0 Å². The van der Waals surface area contributed by atoms with Crippen LogP contribution < -0.4 is 10.1 Å². The number of aromatic nitrogens is 2. The number of rotatable bonds is 7. The zero-order valence-electron chi connectivity index (χ0n) is 17.2. The molecule has 10 heteroatoms. The molecule has 0 bridgehead atoms. The number of amides is 1. The van der Waals surface area contributed by atoms with Crippen molar-refractivity contribution in [2.45, 2.75) is 20.1 Å². The Morgan fingerprint density at radius 2 is 1.88 bits per heavy atom. The van der Waals surface area contributed by atoms with Gasteiger partial charge in [-0.1, -0.05) is 40.9 Å². The number of furan rings is 1. The van der Waals surface area contributed by atoms with E-state index in [-0.39, 0.29) is 12.4 Å². The summed E-state index contributed by atoms with van der Waals surface area (Å²) in [6.45, 7) is 2.49. The molecule has 1 amide bonds. The highest BCUT2D eigenvalue weighted by Gasteiger charge is 2.16. The van der Waals surface area contributed by atoms with Crippen molar-refractivity contribution in [3.63, 3.8) is 0 Å². The summed E-state index contributed by atoms with van der Waals surface area (Å²) in [5, 5.41) is 8.88. The number of nitrogens with one attached hydrogen (secondary N) is 1. The number of aryl methyl sites for hydroxylation is 1. The van der Waals surface area contributed by atoms with Crippen LogP contribution >= 0.6 is 50.7 Å². The van der Waals surface area contributed by atoms with E-state index in [1.54, 1.807) is 47.3 Å². The molecule has 0 fully saturated rings. The Morgan fingerprint density at radius 1 is 1.12 bits per heavy atom. The fourth-order valence-electron chi connectivity index (χ4n) is 3.06. The molecule has 2 heterocycles. The van der Waals surface area contributed by atoms with Gasteiger partial charge >= 0.3 is 0 Å². The van der Waals surface area contributed by atoms with Gasteiger partial charge in [-0.05, 0) is 76.4 Å². The largest absolute Gasteiger partial charge is 0.485 e. The van der Waals surface area contributed by atoms with E-state index in [4.69, 9.17) is 44.0 Å². The fraction of sp³-hybridized carbons (Fsp3) is 0.130. The molecule has 2 aromatic carbocycles. The lowest BCUT2D eigenvalue weighted by Crippen LogP contribution is -2.12. The molecular formula is C23H17BrCl3N3O3. The van der Waals surface area contributed by atoms with E-state index in [1.165, 1.54) is 0 Å². The number of nitrogens with zero attached hydrogens (tertiary/aromatic N) is 2. The fourth-order valence-corrected chi connectivity index (χ4v) is 4.17. The van der Waals surface area contributed by atoms with Crippen LogP contribution in [0.3, 0.4) is 0 Å². The van der Waals surface area contributed by atoms with E-state index in [1.807, 2.05) is 19.1 Å². The quantitative estimate of drug-likeness (QED) is 0.252. The van der Waals surface area contributed by atoms with Crippen molar-refractivity contribution in [3.05, 3.63) is 96.9 Å². The summed E-state index contributed by atoms with van der Waals surface area (Å²) in [4.78, 5) is 12.6. The number of hydrogen-bond donors (Lipinski definition) is 1. The van der Waals surface area contributed by atoms with Gasteiger partial charge in [-0.3, -0.25) is 9.48 Å². The minimum Gasteiger partial charge on any atom is -0.485 e. The molecule has 0 unspecified atom stereocenters. The van der Waals surface area contributed by atoms with Crippen molar-refractivity contribution in [1.82, 2.24) is 9.78 Å². The highest BCUT2D eigenvalue weighted by Crippen LogP contribution is 2.26. The number of carbonyl (C=O) groups is 1. The van der Waals surface area contributed by atoms with Crippen LogP contribution in [0, 0.1) is 6.92 Å². The molecule has 0 atom stereocenters. The van der Waals surface area contributed by atoms with Crippen LogP contribution in [-0.4, -0.2) is 15.7 Å². The van der Waals surface area contributed by atoms with Crippen LogP contribution in [0.2, 0.25) is 15.1 Å². The molecule has 0 aliphatic heterocycles. The normalized spacial score (nSPS) is 10.9. The van der Waals surface area contributed by atoms with Crippen LogP contribution in [0.25, 0.3) is 0 Å². The van der Waals surface area contributed by atoms with Crippen LogP contribution in [-0.2, 0) is 13.2 Å². The van der Waals surface area contributed by atoms with E-state index in [0.717, 1.165) is 11.1 Å². The molecule has 0 aliphatic rings.